The first kappa shape index (κ1) is 12.8. The molecule has 1 aliphatic rings. The van der Waals surface area contributed by atoms with E-state index < -0.39 is 0 Å². The average molecular weight is 298 g/mol. The van der Waals surface area contributed by atoms with E-state index in [1.54, 1.807) is 0 Å². The Balaban J connectivity index is 2.03. The normalized spacial score (nSPS) is 17.8. The van der Waals surface area contributed by atoms with Gasteiger partial charge in [-0.25, -0.2) is 9.97 Å². The largest absolute Gasteiger partial charge is 0.341 e. The fourth-order valence-electron chi connectivity index (χ4n) is 2.41. The number of aromatic nitrogens is 2. The van der Waals surface area contributed by atoms with Crippen LogP contribution in [0.15, 0.2) is 12.4 Å². The van der Waals surface area contributed by atoms with Crippen LogP contribution in [0.2, 0.25) is 0 Å². The molecule has 0 saturated heterocycles. The van der Waals surface area contributed by atoms with Crippen LogP contribution >= 0.6 is 15.9 Å². The summed E-state index contributed by atoms with van der Waals surface area (Å²) in [7, 11) is 2.12. The molecule has 4 heteroatoms. The molecule has 2 rings (SSSR count). The summed E-state index contributed by atoms with van der Waals surface area (Å²) in [4.78, 5) is 11.1. The van der Waals surface area contributed by atoms with E-state index in [1.165, 1.54) is 38.5 Å². The maximum absolute atomic E-state index is 4.44. The summed E-state index contributed by atoms with van der Waals surface area (Å²) in [6, 6.07) is 0.618. The number of rotatable bonds is 3. The summed E-state index contributed by atoms with van der Waals surface area (Å²) in [5, 5.41) is 0.820. The Morgan fingerprint density at radius 2 is 1.76 bits per heavy atom. The van der Waals surface area contributed by atoms with Crippen molar-refractivity contribution in [1.82, 2.24) is 9.97 Å². The van der Waals surface area contributed by atoms with Gasteiger partial charge in [0.2, 0.25) is 5.95 Å². The van der Waals surface area contributed by atoms with E-state index >= 15 is 0 Å². The SMILES string of the molecule is CN(c1ncc(CBr)cn1)C1CCCCCC1. The molecule has 0 N–H and O–H groups in total. The highest BCUT2D eigenvalue weighted by molar-refractivity contribution is 9.08. The lowest BCUT2D eigenvalue weighted by Crippen LogP contribution is -2.32. The van der Waals surface area contributed by atoms with Crippen molar-refractivity contribution < 1.29 is 0 Å². The molecule has 0 unspecified atom stereocenters. The molecule has 1 fully saturated rings. The average Bonchev–Trinajstić information content (AvgIpc) is 2.67. The molecule has 0 spiro atoms. The molecule has 0 bridgehead atoms. The van der Waals surface area contributed by atoms with Crippen LogP contribution in [0.25, 0.3) is 0 Å². The minimum absolute atomic E-state index is 0.618. The van der Waals surface area contributed by atoms with E-state index in [0.717, 1.165) is 16.8 Å². The summed E-state index contributed by atoms with van der Waals surface area (Å²) in [6.07, 6.45) is 11.8. The summed E-state index contributed by atoms with van der Waals surface area (Å²) in [6.45, 7) is 0. The lowest BCUT2D eigenvalue weighted by atomic mass is 10.1. The Hall–Kier alpha value is -0.640. The van der Waals surface area contributed by atoms with Crippen molar-refractivity contribution in [2.24, 2.45) is 0 Å². The maximum atomic E-state index is 4.44. The van der Waals surface area contributed by atoms with E-state index in [4.69, 9.17) is 0 Å². The lowest BCUT2D eigenvalue weighted by molar-refractivity contribution is 0.544. The Morgan fingerprint density at radius 3 is 2.29 bits per heavy atom. The number of anilines is 1. The second-order valence-corrected chi connectivity index (χ2v) is 5.34. The molecule has 0 amide bonds. The number of hydrogen-bond acceptors (Lipinski definition) is 3. The molecule has 1 heterocycles. The predicted octanol–water partition coefficient (Wildman–Crippen LogP) is 3.53. The topological polar surface area (TPSA) is 29.0 Å². The zero-order valence-corrected chi connectivity index (χ0v) is 12.0. The minimum atomic E-state index is 0.618. The van der Waals surface area contributed by atoms with Crippen LogP contribution in [0, 0.1) is 0 Å². The zero-order valence-electron chi connectivity index (χ0n) is 10.4. The van der Waals surface area contributed by atoms with Gasteiger partial charge in [0.25, 0.3) is 0 Å². The third kappa shape index (κ3) is 3.41. The molecule has 1 aromatic rings. The van der Waals surface area contributed by atoms with Gasteiger partial charge in [-0.2, -0.15) is 0 Å². The number of hydrogen-bond donors (Lipinski definition) is 0. The molecule has 0 radical (unpaired) electrons. The molecule has 1 aliphatic carbocycles. The molecule has 94 valence electrons. The summed E-state index contributed by atoms with van der Waals surface area (Å²) in [5.41, 5.74) is 1.13. The molecule has 0 atom stereocenters. The third-order valence-electron chi connectivity index (χ3n) is 3.53. The van der Waals surface area contributed by atoms with Crippen LogP contribution in [0.5, 0.6) is 0 Å². The molecule has 17 heavy (non-hydrogen) atoms. The number of halogens is 1. The van der Waals surface area contributed by atoms with Crippen molar-refractivity contribution in [1.29, 1.82) is 0 Å². The van der Waals surface area contributed by atoms with Crippen LogP contribution in [-0.2, 0) is 5.33 Å². The van der Waals surface area contributed by atoms with Gasteiger partial charge in [-0.05, 0) is 18.4 Å². The van der Waals surface area contributed by atoms with E-state index in [0.29, 0.717) is 6.04 Å². The number of nitrogens with zero attached hydrogens (tertiary/aromatic N) is 3. The quantitative estimate of drug-likeness (QED) is 0.631. The molecular formula is C13H20BrN3. The van der Waals surface area contributed by atoms with Crippen LogP contribution in [0.4, 0.5) is 5.95 Å². The minimum Gasteiger partial charge on any atom is -0.341 e. The van der Waals surface area contributed by atoms with Crippen LogP contribution in [0.1, 0.15) is 44.1 Å². The highest BCUT2D eigenvalue weighted by Crippen LogP contribution is 2.23. The van der Waals surface area contributed by atoms with E-state index in [2.05, 4.69) is 37.8 Å². The second-order valence-electron chi connectivity index (χ2n) is 4.78. The predicted molar refractivity (Wildman–Crippen MR) is 74.6 cm³/mol. The summed E-state index contributed by atoms with van der Waals surface area (Å²) in [5.74, 6) is 0.863. The highest BCUT2D eigenvalue weighted by Gasteiger charge is 2.18. The van der Waals surface area contributed by atoms with Gasteiger partial charge in [0.15, 0.2) is 0 Å². The van der Waals surface area contributed by atoms with Crippen molar-refractivity contribution in [3.8, 4) is 0 Å². The van der Waals surface area contributed by atoms with Crippen LogP contribution in [-0.4, -0.2) is 23.1 Å². The molecular weight excluding hydrogens is 278 g/mol. The molecule has 0 aliphatic heterocycles. The Morgan fingerprint density at radius 1 is 1.18 bits per heavy atom. The van der Waals surface area contributed by atoms with Crippen molar-refractivity contribution in [3.05, 3.63) is 18.0 Å². The van der Waals surface area contributed by atoms with E-state index in [9.17, 15) is 0 Å². The third-order valence-corrected chi connectivity index (χ3v) is 4.18. The van der Waals surface area contributed by atoms with Gasteiger partial charge in [-0.15, -0.1) is 0 Å². The molecule has 1 saturated carbocycles. The lowest BCUT2D eigenvalue weighted by Gasteiger charge is -2.27. The van der Waals surface area contributed by atoms with Gasteiger partial charge >= 0.3 is 0 Å². The first-order valence-corrected chi connectivity index (χ1v) is 7.53. The van der Waals surface area contributed by atoms with Gasteiger partial charge in [-0.3, -0.25) is 0 Å². The van der Waals surface area contributed by atoms with E-state index in [-0.39, 0.29) is 0 Å². The van der Waals surface area contributed by atoms with Gasteiger partial charge in [0.05, 0.1) is 0 Å². The summed E-state index contributed by atoms with van der Waals surface area (Å²) < 4.78 is 0. The highest BCUT2D eigenvalue weighted by atomic mass is 79.9. The molecule has 1 aromatic heterocycles. The van der Waals surface area contributed by atoms with Crippen molar-refractivity contribution in [3.63, 3.8) is 0 Å². The van der Waals surface area contributed by atoms with Crippen molar-refractivity contribution in [2.75, 3.05) is 11.9 Å². The van der Waals surface area contributed by atoms with Crippen LogP contribution in [0.3, 0.4) is 0 Å². The first-order chi connectivity index (χ1) is 8.31. The fourth-order valence-corrected chi connectivity index (χ4v) is 2.70. The zero-order chi connectivity index (χ0) is 12.1. The Labute approximate surface area is 112 Å². The first-order valence-electron chi connectivity index (χ1n) is 6.41. The Kier molecular flexibility index (Phi) is 4.77. The Bertz CT molecular complexity index is 331. The van der Waals surface area contributed by atoms with Crippen molar-refractivity contribution >= 4 is 21.9 Å². The standard InChI is InChI=1S/C13H20BrN3/c1-17(12-6-4-2-3-5-7-12)13-15-9-11(8-14)10-16-13/h9-10,12H,2-8H2,1H3. The fraction of sp³-hybridized carbons (Fsp3) is 0.692. The van der Waals surface area contributed by atoms with Gasteiger partial charge in [0, 0.05) is 30.8 Å². The monoisotopic (exact) mass is 297 g/mol. The molecule has 0 aromatic carbocycles. The summed E-state index contributed by atoms with van der Waals surface area (Å²) >= 11 is 3.41. The smallest absolute Gasteiger partial charge is 0.225 e. The van der Waals surface area contributed by atoms with E-state index in [1.807, 2.05) is 12.4 Å². The van der Waals surface area contributed by atoms with Crippen LogP contribution < -0.4 is 4.90 Å². The maximum Gasteiger partial charge on any atom is 0.225 e. The van der Waals surface area contributed by atoms with Gasteiger partial charge in [0.1, 0.15) is 0 Å². The second kappa shape index (κ2) is 6.34. The van der Waals surface area contributed by atoms with Crippen molar-refractivity contribution in [2.45, 2.75) is 49.9 Å². The van der Waals surface area contributed by atoms with Gasteiger partial charge in [-0.1, -0.05) is 41.6 Å². The molecule has 3 nitrogen and oxygen atoms in total. The number of alkyl halides is 1. The van der Waals surface area contributed by atoms with Gasteiger partial charge < -0.3 is 4.90 Å².